The lowest BCUT2D eigenvalue weighted by Gasteiger charge is -2.13. The van der Waals surface area contributed by atoms with Gasteiger partial charge in [0.1, 0.15) is 11.3 Å². The Kier molecular flexibility index (Phi) is 6.92. The SMILES string of the molecule is CCCCCCCCCCOc1ccc2c(c1C(=O)O)Cc1ccccc1-2. The summed E-state index contributed by atoms with van der Waals surface area (Å²) >= 11 is 0. The second-order valence-corrected chi connectivity index (χ2v) is 7.43. The molecular formula is C24H30O3. The topological polar surface area (TPSA) is 46.5 Å². The van der Waals surface area contributed by atoms with Crippen LogP contribution in [-0.4, -0.2) is 17.7 Å². The van der Waals surface area contributed by atoms with E-state index in [0.717, 1.165) is 29.5 Å². The number of carbonyl (C=O) groups is 1. The summed E-state index contributed by atoms with van der Waals surface area (Å²) in [5.41, 5.74) is 4.59. The zero-order valence-corrected chi connectivity index (χ0v) is 16.3. The van der Waals surface area contributed by atoms with Gasteiger partial charge in [-0.15, -0.1) is 0 Å². The molecule has 0 bridgehead atoms. The Morgan fingerprint density at radius 3 is 2.37 bits per heavy atom. The lowest BCUT2D eigenvalue weighted by Crippen LogP contribution is -2.08. The smallest absolute Gasteiger partial charge is 0.339 e. The van der Waals surface area contributed by atoms with Crippen LogP contribution in [0.25, 0.3) is 11.1 Å². The van der Waals surface area contributed by atoms with E-state index in [1.54, 1.807) is 0 Å². The van der Waals surface area contributed by atoms with E-state index in [4.69, 9.17) is 4.74 Å². The van der Waals surface area contributed by atoms with Gasteiger partial charge in [0.15, 0.2) is 0 Å². The van der Waals surface area contributed by atoms with E-state index >= 15 is 0 Å². The summed E-state index contributed by atoms with van der Waals surface area (Å²) in [7, 11) is 0. The summed E-state index contributed by atoms with van der Waals surface area (Å²) < 4.78 is 5.89. The molecule has 0 saturated heterocycles. The zero-order chi connectivity index (χ0) is 19.1. The molecule has 0 spiro atoms. The number of unbranched alkanes of at least 4 members (excludes halogenated alkanes) is 7. The average Bonchev–Trinajstić information content (AvgIpc) is 3.04. The molecule has 0 saturated carbocycles. The van der Waals surface area contributed by atoms with Crippen LogP contribution >= 0.6 is 0 Å². The molecule has 2 aromatic carbocycles. The van der Waals surface area contributed by atoms with Gasteiger partial charge in [0.2, 0.25) is 0 Å². The molecule has 27 heavy (non-hydrogen) atoms. The number of benzene rings is 2. The third kappa shape index (κ3) is 4.71. The van der Waals surface area contributed by atoms with Crippen LogP contribution in [0.5, 0.6) is 5.75 Å². The minimum Gasteiger partial charge on any atom is -0.493 e. The van der Waals surface area contributed by atoms with Crippen molar-refractivity contribution in [3.05, 3.63) is 53.1 Å². The monoisotopic (exact) mass is 366 g/mol. The quantitative estimate of drug-likeness (QED) is 0.395. The second-order valence-electron chi connectivity index (χ2n) is 7.43. The van der Waals surface area contributed by atoms with Crippen LogP contribution in [0.4, 0.5) is 0 Å². The van der Waals surface area contributed by atoms with Crippen LogP contribution in [0.3, 0.4) is 0 Å². The summed E-state index contributed by atoms with van der Waals surface area (Å²) in [6.07, 6.45) is 10.6. The molecule has 3 rings (SSSR count). The molecule has 0 unspecified atom stereocenters. The summed E-state index contributed by atoms with van der Waals surface area (Å²) in [6, 6.07) is 12.0. The Morgan fingerprint density at radius 2 is 1.63 bits per heavy atom. The van der Waals surface area contributed by atoms with E-state index in [2.05, 4.69) is 19.1 Å². The fraction of sp³-hybridized carbons (Fsp3) is 0.458. The Balaban J connectivity index is 1.56. The van der Waals surface area contributed by atoms with Crippen molar-refractivity contribution in [2.24, 2.45) is 0 Å². The minimum atomic E-state index is -0.898. The number of hydrogen-bond donors (Lipinski definition) is 1. The highest BCUT2D eigenvalue weighted by atomic mass is 16.5. The van der Waals surface area contributed by atoms with Crippen molar-refractivity contribution >= 4 is 5.97 Å². The highest BCUT2D eigenvalue weighted by Crippen LogP contribution is 2.41. The Bertz CT molecular complexity index is 779. The third-order valence-electron chi connectivity index (χ3n) is 5.42. The Labute approximate surface area is 162 Å². The molecule has 3 nitrogen and oxygen atoms in total. The number of carboxylic acids is 1. The van der Waals surface area contributed by atoms with Crippen molar-refractivity contribution in [2.45, 2.75) is 64.7 Å². The minimum absolute atomic E-state index is 0.336. The molecule has 2 aromatic rings. The van der Waals surface area contributed by atoms with E-state index in [-0.39, 0.29) is 0 Å². The van der Waals surface area contributed by atoms with Gasteiger partial charge in [-0.1, -0.05) is 82.2 Å². The van der Waals surface area contributed by atoms with Gasteiger partial charge < -0.3 is 9.84 Å². The number of carboxylic acid groups (broad SMARTS) is 1. The van der Waals surface area contributed by atoms with Gasteiger partial charge in [0.25, 0.3) is 0 Å². The Hall–Kier alpha value is -2.29. The van der Waals surface area contributed by atoms with Crippen molar-refractivity contribution < 1.29 is 14.6 Å². The molecule has 1 aliphatic carbocycles. The molecule has 0 heterocycles. The predicted octanol–water partition coefficient (Wildman–Crippen LogP) is 6.48. The molecule has 144 valence electrons. The largest absolute Gasteiger partial charge is 0.493 e. The summed E-state index contributed by atoms with van der Waals surface area (Å²) in [5, 5.41) is 9.77. The van der Waals surface area contributed by atoms with Crippen molar-refractivity contribution in [3.8, 4) is 16.9 Å². The fourth-order valence-electron chi connectivity index (χ4n) is 3.96. The maximum atomic E-state index is 11.9. The highest BCUT2D eigenvalue weighted by Gasteiger charge is 2.26. The maximum Gasteiger partial charge on any atom is 0.339 e. The van der Waals surface area contributed by atoms with Gasteiger partial charge in [-0.3, -0.25) is 0 Å². The van der Waals surface area contributed by atoms with Gasteiger partial charge >= 0.3 is 5.97 Å². The zero-order valence-electron chi connectivity index (χ0n) is 16.3. The van der Waals surface area contributed by atoms with Gasteiger partial charge in [0.05, 0.1) is 6.61 Å². The van der Waals surface area contributed by atoms with Crippen molar-refractivity contribution in [1.82, 2.24) is 0 Å². The first-order valence-corrected chi connectivity index (χ1v) is 10.3. The third-order valence-corrected chi connectivity index (χ3v) is 5.42. The second kappa shape index (κ2) is 9.59. The van der Waals surface area contributed by atoms with Gasteiger partial charge in [-0.2, -0.15) is 0 Å². The van der Waals surface area contributed by atoms with Gasteiger partial charge in [-0.05, 0) is 41.2 Å². The number of rotatable bonds is 11. The van der Waals surface area contributed by atoms with Gasteiger partial charge in [-0.25, -0.2) is 4.79 Å². The van der Waals surface area contributed by atoms with Crippen LogP contribution < -0.4 is 4.74 Å². The van der Waals surface area contributed by atoms with E-state index in [1.165, 1.54) is 44.1 Å². The average molecular weight is 367 g/mol. The normalized spacial score (nSPS) is 11.9. The van der Waals surface area contributed by atoms with E-state index in [0.29, 0.717) is 24.3 Å². The molecule has 0 amide bonds. The molecule has 3 heteroatoms. The van der Waals surface area contributed by atoms with Crippen molar-refractivity contribution in [1.29, 1.82) is 0 Å². The van der Waals surface area contributed by atoms with Crippen LogP contribution in [-0.2, 0) is 6.42 Å². The van der Waals surface area contributed by atoms with Crippen LogP contribution in [0, 0.1) is 0 Å². The molecule has 0 fully saturated rings. The number of ether oxygens (including phenoxy) is 1. The van der Waals surface area contributed by atoms with Crippen LogP contribution in [0.2, 0.25) is 0 Å². The first-order chi connectivity index (χ1) is 13.2. The molecule has 0 aliphatic heterocycles. The van der Waals surface area contributed by atoms with Crippen LogP contribution in [0.15, 0.2) is 36.4 Å². The van der Waals surface area contributed by atoms with Crippen molar-refractivity contribution in [3.63, 3.8) is 0 Å². The van der Waals surface area contributed by atoms with Crippen molar-refractivity contribution in [2.75, 3.05) is 6.61 Å². The first-order valence-electron chi connectivity index (χ1n) is 10.3. The molecule has 1 aliphatic rings. The number of aromatic carboxylic acids is 1. The number of fused-ring (bicyclic) bond motifs is 3. The predicted molar refractivity (Wildman–Crippen MR) is 110 cm³/mol. The number of hydrogen-bond acceptors (Lipinski definition) is 2. The maximum absolute atomic E-state index is 11.9. The van der Waals surface area contributed by atoms with Crippen LogP contribution in [0.1, 0.15) is 79.8 Å². The van der Waals surface area contributed by atoms with Gasteiger partial charge in [0, 0.05) is 0 Å². The summed E-state index contributed by atoms with van der Waals surface area (Å²) in [4.78, 5) is 11.9. The van der Waals surface area contributed by atoms with E-state index in [1.807, 2.05) is 24.3 Å². The fourth-order valence-corrected chi connectivity index (χ4v) is 3.96. The standard InChI is InChI=1S/C24H30O3/c1-2-3-4-5-6-7-8-11-16-27-22-15-14-20-19-13-10-9-12-18(19)17-21(20)23(22)24(25)26/h9-10,12-15H,2-8,11,16-17H2,1H3,(H,25,26). The Morgan fingerprint density at radius 1 is 0.926 bits per heavy atom. The molecular weight excluding hydrogens is 336 g/mol. The molecule has 0 radical (unpaired) electrons. The lowest BCUT2D eigenvalue weighted by molar-refractivity contribution is 0.0691. The molecule has 1 N–H and O–H groups in total. The highest BCUT2D eigenvalue weighted by molar-refractivity contribution is 5.97. The van der Waals surface area contributed by atoms with E-state index < -0.39 is 5.97 Å². The molecule has 0 atom stereocenters. The molecule has 0 aromatic heterocycles. The van der Waals surface area contributed by atoms with E-state index in [9.17, 15) is 9.90 Å². The first kappa shape index (κ1) is 19.5. The lowest BCUT2D eigenvalue weighted by atomic mass is 10.0. The summed E-state index contributed by atoms with van der Waals surface area (Å²) in [5.74, 6) is -0.386. The summed E-state index contributed by atoms with van der Waals surface area (Å²) in [6.45, 7) is 2.82.